The van der Waals surface area contributed by atoms with Crippen molar-refractivity contribution in [1.82, 2.24) is 0 Å². The Morgan fingerprint density at radius 1 is 1.20 bits per heavy atom. The Morgan fingerprint density at radius 3 is 2.47 bits per heavy atom. The summed E-state index contributed by atoms with van der Waals surface area (Å²) in [7, 11) is 1.20. The maximum atomic E-state index is 12.9. The number of hydrogen-bond acceptors (Lipinski definition) is 6. The second kappa shape index (κ2) is 6.75. The van der Waals surface area contributed by atoms with E-state index in [1.807, 2.05) is 45.0 Å². The van der Waals surface area contributed by atoms with Crippen molar-refractivity contribution < 1.29 is 19.1 Å². The van der Waals surface area contributed by atoms with Crippen LogP contribution in [-0.4, -0.2) is 23.8 Å². The van der Waals surface area contributed by atoms with Crippen molar-refractivity contribution in [3.63, 3.8) is 0 Å². The Hall–Kier alpha value is -3.04. The summed E-state index contributed by atoms with van der Waals surface area (Å²) in [6.45, 7) is 8.09. The molecule has 0 amide bonds. The van der Waals surface area contributed by atoms with Crippen molar-refractivity contribution >= 4 is 28.6 Å². The molecule has 0 spiro atoms. The molecule has 2 heterocycles. The molecule has 4 rings (SSSR count). The molecule has 3 aliphatic rings. The number of carbonyl (C=O) groups excluding carboxylic acids is 2. The molecule has 0 aromatic heterocycles. The molecule has 30 heavy (non-hydrogen) atoms. The molecule has 152 valence electrons. The molecule has 0 fully saturated rings. The number of rotatable bonds is 2. The van der Waals surface area contributed by atoms with Crippen LogP contribution in [0.4, 0.5) is 0 Å². The minimum absolute atomic E-state index is 0.0164. The van der Waals surface area contributed by atoms with E-state index in [1.54, 1.807) is 11.8 Å². The van der Waals surface area contributed by atoms with E-state index in [2.05, 4.69) is 25.1 Å². The molecule has 0 radical (unpaired) electrons. The number of nitriles is 1. The van der Waals surface area contributed by atoms with Gasteiger partial charge in [0.2, 0.25) is 0 Å². The van der Waals surface area contributed by atoms with E-state index in [9.17, 15) is 14.9 Å². The van der Waals surface area contributed by atoms with Crippen molar-refractivity contribution in [1.29, 1.82) is 5.26 Å². The summed E-state index contributed by atoms with van der Waals surface area (Å²) in [5.74, 6) is -1.34. The zero-order chi connectivity index (χ0) is 21.8. The van der Waals surface area contributed by atoms with E-state index in [0.717, 1.165) is 21.6 Å². The summed E-state index contributed by atoms with van der Waals surface area (Å²) >= 11 is 1.73. The minimum atomic E-state index is -0.815. The molecule has 2 aliphatic heterocycles. The Labute approximate surface area is 179 Å². The summed E-state index contributed by atoms with van der Waals surface area (Å²) in [6.07, 6.45) is 2.14. The van der Waals surface area contributed by atoms with Crippen LogP contribution in [0.1, 0.15) is 33.3 Å². The van der Waals surface area contributed by atoms with Crippen LogP contribution >= 0.6 is 11.8 Å². The minimum Gasteiger partial charge on any atom is -0.465 e. The number of methoxy groups -OCH3 is 1. The number of nitrogens with zero attached hydrogens (tertiary/aromatic N) is 1. The van der Waals surface area contributed by atoms with Gasteiger partial charge in [-0.25, -0.2) is 9.59 Å². The third-order valence-electron chi connectivity index (χ3n) is 6.36. The van der Waals surface area contributed by atoms with Crippen LogP contribution < -0.4 is 0 Å². The summed E-state index contributed by atoms with van der Waals surface area (Å²) in [5, 5.41) is 9.59. The van der Waals surface area contributed by atoms with Gasteiger partial charge in [0.05, 0.1) is 17.4 Å². The Bertz CT molecular complexity index is 1160. The van der Waals surface area contributed by atoms with Crippen molar-refractivity contribution in [3.05, 3.63) is 75.6 Å². The average molecular weight is 420 g/mol. The largest absolute Gasteiger partial charge is 0.465 e. The summed E-state index contributed by atoms with van der Waals surface area (Å²) < 4.78 is 9.82. The number of ether oxygens (including phenoxy) is 2. The Morgan fingerprint density at radius 2 is 1.87 bits per heavy atom. The molecule has 0 saturated heterocycles. The fourth-order valence-electron chi connectivity index (χ4n) is 4.44. The second-order valence-electron chi connectivity index (χ2n) is 8.12. The maximum Gasteiger partial charge on any atom is 0.352 e. The van der Waals surface area contributed by atoms with Gasteiger partial charge in [-0.15, -0.1) is 11.8 Å². The molecule has 1 aromatic carbocycles. The van der Waals surface area contributed by atoms with Gasteiger partial charge in [-0.05, 0) is 36.6 Å². The molecule has 6 heteroatoms. The van der Waals surface area contributed by atoms with Gasteiger partial charge in [0.1, 0.15) is 6.07 Å². The number of allylic oxidation sites excluding steroid dienone is 2. The standard InChI is InChI=1S/C24H21NO4S/c1-13-16-11-17(14-9-7-6-8-10-14)30-24(16,4)23(2,3)19-18(13)22(27)29-20(19)15(12-25)21(26)28-5/h6-11H,1-5H3/b20-15-. The first kappa shape index (κ1) is 20.2. The fourth-order valence-corrected chi connectivity index (χ4v) is 5.99. The molecular weight excluding hydrogens is 398 g/mol. The molecule has 1 aliphatic carbocycles. The molecule has 0 saturated carbocycles. The van der Waals surface area contributed by atoms with Crippen molar-refractivity contribution in [2.75, 3.05) is 7.11 Å². The predicted octanol–water partition coefficient (Wildman–Crippen LogP) is 4.69. The SMILES string of the molecule is COC(=O)/C(C#N)=C1\OC(=O)C2=C1C(C)(C)C1(C)SC(c3ccccc3)=CC1=C2C. The lowest BCUT2D eigenvalue weighted by atomic mass is 9.63. The van der Waals surface area contributed by atoms with Gasteiger partial charge in [0.25, 0.3) is 0 Å². The van der Waals surface area contributed by atoms with Crippen LogP contribution in [0.25, 0.3) is 4.91 Å². The average Bonchev–Trinajstić information content (AvgIpc) is 3.27. The first-order chi connectivity index (χ1) is 14.2. The van der Waals surface area contributed by atoms with Crippen molar-refractivity contribution in [3.8, 4) is 6.07 Å². The zero-order valence-corrected chi connectivity index (χ0v) is 18.3. The predicted molar refractivity (Wildman–Crippen MR) is 115 cm³/mol. The number of carbonyl (C=O) groups is 2. The highest BCUT2D eigenvalue weighted by Crippen LogP contribution is 2.66. The summed E-state index contributed by atoms with van der Waals surface area (Å²) in [4.78, 5) is 26.2. The normalized spacial score (nSPS) is 25.9. The molecule has 5 nitrogen and oxygen atoms in total. The molecular formula is C24H21NO4S. The van der Waals surface area contributed by atoms with E-state index in [0.29, 0.717) is 11.1 Å². The van der Waals surface area contributed by atoms with E-state index in [-0.39, 0.29) is 11.3 Å². The first-order valence-electron chi connectivity index (χ1n) is 9.55. The molecule has 0 bridgehead atoms. The molecule has 1 atom stereocenters. The van der Waals surface area contributed by atoms with Gasteiger partial charge in [-0.2, -0.15) is 5.26 Å². The monoisotopic (exact) mass is 419 g/mol. The van der Waals surface area contributed by atoms with Crippen molar-refractivity contribution in [2.45, 2.75) is 32.4 Å². The van der Waals surface area contributed by atoms with Crippen LogP contribution in [0.5, 0.6) is 0 Å². The Kier molecular flexibility index (Phi) is 4.55. The Balaban J connectivity index is 1.98. The smallest absolute Gasteiger partial charge is 0.352 e. The van der Waals surface area contributed by atoms with E-state index >= 15 is 0 Å². The maximum absolute atomic E-state index is 12.9. The highest BCUT2D eigenvalue weighted by atomic mass is 32.2. The van der Waals surface area contributed by atoms with Crippen LogP contribution in [-0.2, 0) is 19.1 Å². The third-order valence-corrected chi connectivity index (χ3v) is 8.07. The van der Waals surface area contributed by atoms with Gasteiger partial charge >= 0.3 is 11.9 Å². The van der Waals surface area contributed by atoms with Gasteiger partial charge in [0.15, 0.2) is 11.3 Å². The highest BCUT2D eigenvalue weighted by molar-refractivity contribution is 8.10. The third kappa shape index (κ3) is 2.55. The number of esters is 2. The topological polar surface area (TPSA) is 76.4 Å². The lowest BCUT2D eigenvalue weighted by Crippen LogP contribution is -2.43. The number of cyclic esters (lactones) is 1. The fraction of sp³-hybridized carbons (Fsp3) is 0.292. The van der Waals surface area contributed by atoms with Crippen LogP contribution in [0, 0.1) is 16.7 Å². The van der Waals surface area contributed by atoms with Crippen LogP contribution in [0.2, 0.25) is 0 Å². The van der Waals surface area contributed by atoms with Crippen LogP contribution in [0.3, 0.4) is 0 Å². The summed E-state index contributed by atoms with van der Waals surface area (Å²) in [5.41, 5.74) is 3.12. The zero-order valence-electron chi connectivity index (χ0n) is 17.5. The number of thioether (sulfide) groups is 1. The number of fused-ring (bicyclic) bond motifs is 1. The first-order valence-corrected chi connectivity index (χ1v) is 10.4. The quantitative estimate of drug-likeness (QED) is 0.393. The molecule has 1 unspecified atom stereocenters. The number of benzene rings is 1. The van der Waals surface area contributed by atoms with Gasteiger partial charge in [-0.1, -0.05) is 44.2 Å². The summed E-state index contributed by atoms with van der Waals surface area (Å²) in [6, 6.07) is 12.0. The van der Waals surface area contributed by atoms with E-state index in [4.69, 9.17) is 9.47 Å². The van der Waals surface area contributed by atoms with Gasteiger partial charge in [-0.3, -0.25) is 0 Å². The van der Waals surface area contributed by atoms with Gasteiger partial charge < -0.3 is 9.47 Å². The molecule has 1 aromatic rings. The van der Waals surface area contributed by atoms with Crippen LogP contribution in [0.15, 0.2) is 70.0 Å². The van der Waals surface area contributed by atoms with Crippen molar-refractivity contribution in [2.24, 2.45) is 5.41 Å². The van der Waals surface area contributed by atoms with E-state index in [1.165, 1.54) is 7.11 Å². The van der Waals surface area contributed by atoms with Gasteiger partial charge in [0, 0.05) is 15.9 Å². The second-order valence-corrected chi connectivity index (χ2v) is 9.58. The lowest BCUT2D eigenvalue weighted by molar-refractivity contribution is -0.136. The number of hydrogen-bond donors (Lipinski definition) is 0. The molecule has 0 N–H and O–H groups in total. The lowest BCUT2D eigenvalue weighted by Gasteiger charge is -2.46. The highest BCUT2D eigenvalue weighted by Gasteiger charge is 2.58. The van der Waals surface area contributed by atoms with E-state index < -0.39 is 22.1 Å².